The minimum Gasteiger partial charge on any atom is -0.368 e. The number of aromatic nitrogens is 2. The van der Waals surface area contributed by atoms with Crippen molar-refractivity contribution in [1.82, 2.24) is 9.97 Å². The standard InChI is InChI=1S/C22H31N5/c1-17-8-11-26(12-9-17)21-7-10-23-22(24-21)27-15-13-25(14-16-27)20-6-4-5-18(2)19(20)3/h4-7,10,17H,8-9,11-16H2,1-3H3. The van der Waals surface area contributed by atoms with Crippen LogP contribution in [-0.4, -0.2) is 49.2 Å². The summed E-state index contributed by atoms with van der Waals surface area (Å²) in [4.78, 5) is 16.7. The normalized spacial score (nSPS) is 18.9. The van der Waals surface area contributed by atoms with E-state index in [1.165, 1.54) is 29.7 Å². The van der Waals surface area contributed by atoms with Gasteiger partial charge in [0, 0.05) is 51.2 Å². The Morgan fingerprint density at radius 3 is 2.30 bits per heavy atom. The van der Waals surface area contributed by atoms with Gasteiger partial charge in [0.25, 0.3) is 0 Å². The number of piperidine rings is 1. The summed E-state index contributed by atoms with van der Waals surface area (Å²) in [6.07, 6.45) is 4.44. The van der Waals surface area contributed by atoms with Crippen LogP contribution in [0, 0.1) is 19.8 Å². The lowest BCUT2D eigenvalue weighted by atomic mass is 9.99. The van der Waals surface area contributed by atoms with Crippen LogP contribution < -0.4 is 14.7 Å². The van der Waals surface area contributed by atoms with E-state index in [4.69, 9.17) is 4.98 Å². The molecule has 2 aliphatic heterocycles. The third-order valence-electron chi connectivity index (χ3n) is 6.22. The van der Waals surface area contributed by atoms with Gasteiger partial charge in [0.15, 0.2) is 0 Å². The molecule has 0 radical (unpaired) electrons. The van der Waals surface area contributed by atoms with Gasteiger partial charge in [-0.25, -0.2) is 4.98 Å². The summed E-state index contributed by atoms with van der Waals surface area (Å²) in [7, 11) is 0. The number of aryl methyl sites for hydroxylation is 1. The highest BCUT2D eigenvalue weighted by atomic mass is 15.3. The molecule has 27 heavy (non-hydrogen) atoms. The Kier molecular flexibility index (Phi) is 5.19. The van der Waals surface area contributed by atoms with Gasteiger partial charge in [0.2, 0.25) is 5.95 Å². The van der Waals surface area contributed by atoms with Crippen LogP contribution in [0.25, 0.3) is 0 Å². The first kappa shape index (κ1) is 18.1. The fourth-order valence-electron chi connectivity index (χ4n) is 4.13. The van der Waals surface area contributed by atoms with E-state index in [-0.39, 0.29) is 0 Å². The van der Waals surface area contributed by atoms with Gasteiger partial charge in [0.05, 0.1) is 0 Å². The van der Waals surface area contributed by atoms with Crippen molar-refractivity contribution in [3.8, 4) is 0 Å². The topological polar surface area (TPSA) is 35.5 Å². The maximum atomic E-state index is 4.90. The number of nitrogens with zero attached hydrogens (tertiary/aromatic N) is 5. The Bertz CT molecular complexity index is 774. The van der Waals surface area contributed by atoms with Crippen LogP contribution in [0.4, 0.5) is 17.5 Å². The van der Waals surface area contributed by atoms with Gasteiger partial charge >= 0.3 is 0 Å². The lowest BCUT2D eigenvalue weighted by molar-refractivity contribution is 0.436. The largest absolute Gasteiger partial charge is 0.368 e. The van der Waals surface area contributed by atoms with Crippen molar-refractivity contribution in [3.05, 3.63) is 41.6 Å². The Labute approximate surface area is 163 Å². The molecule has 2 saturated heterocycles. The zero-order valence-corrected chi connectivity index (χ0v) is 16.9. The molecule has 3 heterocycles. The Hall–Kier alpha value is -2.30. The molecule has 0 N–H and O–H groups in total. The quantitative estimate of drug-likeness (QED) is 0.829. The van der Waals surface area contributed by atoms with Crippen molar-refractivity contribution in [1.29, 1.82) is 0 Å². The minimum absolute atomic E-state index is 0.834. The second-order valence-electron chi connectivity index (χ2n) is 8.08. The molecule has 0 amide bonds. The molecule has 5 heteroatoms. The average Bonchev–Trinajstić information content (AvgIpc) is 2.71. The van der Waals surface area contributed by atoms with Crippen LogP contribution in [0.15, 0.2) is 30.5 Å². The number of rotatable bonds is 3. The Balaban J connectivity index is 1.42. The van der Waals surface area contributed by atoms with Gasteiger partial charge in [-0.1, -0.05) is 19.1 Å². The molecule has 0 atom stereocenters. The average molecular weight is 366 g/mol. The maximum absolute atomic E-state index is 4.90. The molecule has 0 aliphatic carbocycles. The molecule has 2 aromatic rings. The van der Waals surface area contributed by atoms with E-state index >= 15 is 0 Å². The first-order valence-electron chi connectivity index (χ1n) is 10.3. The number of piperazine rings is 1. The summed E-state index contributed by atoms with van der Waals surface area (Å²) in [6, 6.07) is 8.66. The number of benzene rings is 1. The van der Waals surface area contributed by atoms with Gasteiger partial charge in [-0.15, -0.1) is 0 Å². The second-order valence-corrected chi connectivity index (χ2v) is 8.08. The molecule has 4 rings (SSSR count). The van der Waals surface area contributed by atoms with Crippen molar-refractivity contribution in [2.75, 3.05) is 54.0 Å². The van der Waals surface area contributed by atoms with Gasteiger partial charge in [0.1, 0.15) is 5.82 Å². The molecule has 1 aromatic carbocycles. The van der Waals surface area contributed by atoms with E-state index < -0.39 is 0 Å². The van der Waals surface area contributed by atoms with Gasteiger partial charge in [-0.3, -0.25) is 0 Å². The van der Waals surface area contributed by atoms with E-state index in [1.54, 1.807) is 0 Å². The lowest BCUT2D eigenvalue weighted by Gasteiger charge is -2.37. The molecule has 144 valence electrons. The predicted molar refractivity (Wildman–Crippen MR) is 113 cm³/mol. The van der Waals surface area contributed by atoms with Crippen LogP contribution in [0.5, 0.6) is 0 Å². The van der Waals surface area contributed by atoms with Crippen LogP contribution in [0.3, 0.4) is 0 Å². The molecule has 0 unspecified atom stereocenters. The van der Waals surface area contributed by atoms with E-state index in [9.17, 15) is 0 Å². The molecule has 0 saturated carbocycles. The molecule has 2 fully saturated rings. The van der Waals surface area contributed by atoms with Gasteiger partial charge < -0.3 is 14.7 Å². The molecule has 2 aliphatic rings. The SMILES string of the molecule is Cc1cccc(N2CCN(c3nccc(N4CCC(C)CC4)n3)CC2)c1C. The zero-order chi connectivity index (χ0) is 18.8. The highest BCUT2D eigenvalue weighted by Gasteiger charge is 2.22. The number of hydrogen-bond acceptors (Lipinski definition) is 5. The van der Waals surface area contributed by atoms with Crippen molar-refractivity contribution in [3.63, 3.8) is 0 Å². The van der Waals surface area contributed by atoms with Crippen LogP contribution in [0.1, 0.15) is 30.9 Å². The zero-order valence-electron chi connectivity index (χ0n) is 16.9. The van der Waals surface area contributed by atoms with Gasteiger partial charge in [-0.2, -0.15) is 4.98 Å². The molecule has 0 bridgehead atoms. The summed E-state index contributed by atoms with van der Waals surface area (Å²) >= 11 is 0. The maximum Gasteiger partial charge on any atom is 0.227 e. The first-order chi connectivity index (χ1) is 13.1. The molecule has 0 spiro atoms. The van der Waals surface area contributed by atoms with Gasteiger partial charge in [-0.05, 0) is 55.9 Å². The first-order valence-corrected chi connectivity index (χ1v) is 10.3. The summed E-state index contributed by atoms with van der Waals surface area (Å²) in [5.41, 5.74) is 4.12. The summed E-state index contributed by atoms with van der Waals surface area (Å²) < 4.78 is 0. The van der Waals surface area contributed by atoms with Crippen molar-refractivity contribution >= 4 is 17.5 Å². The van der Waals surface area contributed by atoms with E-state index in [2.05, 4.69) is 64.7 Å². The fraction of sp³-hybridized carbons (Fsp3) is 0.545. The Morgan fingerprint density at radius 2 is 1.56 bits per heavy atom. The minimum atomic E-state index is 0.834. The molecule has 5 nitrogen and oxygen atoms in total. The molecular weight excluding hydrogens is 334 g/mol. The summed E-state index contributed by atoms with van der Waals surface area (Å²) in [5, 5.41) is 0. The van der Waals surface area contributed by atoms with Crippen LogP contribution in [-0.2, 0) is 0 Å². The number of anilines is 3. The summed E-state index contributed by atoms with van der Waals surface area (Å²) in [6.45, 7) is 12.9. The predicted octanol–water partition coefficient (Wildman–Crippen LogP) is 3.66. The molecular formula is C22H31N5. The lowest BCUT2D eigenvalue weighted by Crippen LogP contribution is -2.47. The Morgan fingerprint density at radius 1 is 0.852 bits per heavy atom. The van der Waals surface area contributed by atoms with Crippen LogP contribution in [0.2, 0.25) is 0 Å². The molecule has 1 aromatic heterocycles. The van der Waals surface area contributed by atoms with Crippen molar-refractivity contribution < 1.29 is 0 Å². The van der Waals surface area contributed by atoms with E-state index in [0.29, 0.717) is 0 Å². The summed E-state index contributed by atoms with van der Waals surface area (Å²) in [5.74, 6) is 2.80. The highest BCUT2D eigenvalue weighted by molar-refractivity contribution is 5.57. The van der Waals surface area contributed by atoms with E-state index in [0.717, 1.165) is 57.0 Å². The van der Waals surface area contributed by atoms with Crippen molar-refractivity contribution in [2.45, 2.75) is 33.6 Å². The van der Waals surface area contributed by atoms with Crippen molar-refractivity contribution in [2.24, 2.45) is 5.92 Å². The second kappa shape index (κ2) is 7.75. The highest BCUT2D eigenvalue weighted by Crippen LogP contribution is 2.26. The smallest absolute Gasteiger partial charge is 0.227 e. The fourth-order valence-corrected chi connectivity index (χ4v) is 4.13. The monoisotopic (exact) mass is 365 g/mol. The third kappa shape index (κ3) is 3.87. The third-order valence-corrected chi connectivity index (χ3v) is 6.22. The van der Waals surface area contributed by atoms with E-state index in [1.807, 2.05) is 6.20 Å². The number of hydrogen-bond donors (Lipinski definition) is 0. The van der Waals surface area contributed by atoms with Crippen LogP contribution >= 0.6 is 0 Å².